The minimum Gasteiger partial charge on any atom is -0.369 e. The Morgan fingerprint density at radius 1 is 1.16 bits per heavy atom. The molecule has 2 bridgehead atoms. The van der Waals surface area contributed by atoms with Crippen LogP contribution in [0.2, 0.25) is 0 Å². The summed E-state index contributed by atoms with van der Waals surface area (Å²) in [6, 6.07) is 14.7. The second kappa shape index (κ2) is 6.74. The Balaban J connectivity index is 1.60. The SMILES string of the molecule is Cc1cccc(-c2nc3n(c2-c2ccc4nccc(CC(N)=O)c4c2)[C@@H]2CC[C@H]3C2)n1. The number of carbonyl (C=O) groups excluding carboxylic acids is 1. The molecule has 2 N–H and O–H groups in total. The van der Waals surface area contributed by atoms with Crippen molar-refractivity contribution in [3.63, 3.8) is 0 Å². The Morgan fingerprint density at radius 2 is 2.06 bits per heavy atom. The smallest absolute Gasteiger partial charge is 0.221 e. The standard InChI is InChI=1S/C25H23N5O/c1-14-3-2-4-21(28-14)23-24(30-18-7-5-17(11-18)25(30)29-23)16-6-8-20-19(12-16)15(9-10-27-20)13-22(26)31/h2-4,6,8-10,12,17-18H,5,7,11,13H2,1H3,(H2,26,31)/t17-,18+/m0/s1. The zero-order valence-corrected chi connectivity index (χ0v) is 17.4. The summed E-state index contributed by atoms with van der Waals surface area (Å²) in [6.45, 7) is 2.01. The topological polar surface area (TPSA) is 86.7 Å². The molecule has 6 rings (SSSR count). The van der Waals surface area contributed by atoms with Crippen molar-refractivity contribution in [1.29, 1.82) is 0 Å². The highest BCUT2D eigenvalue weighted by atomic mass is 16.1. The lowest BCUT2D eigenvalue weighted by atomic mass is 10.00. The first kappa shape index (κ1) is 18.2. The zero-order chi connectivity index (χ0) is 21.1. The van der Waals surface area contributed by atoms with Gasteiger partial charge in [-0.15, -0.1) is 0 Å². The first-order chi connectivity index (χ1) is 15.1. The maximum atomic E-state index is 11.6. The predicted molar refractivity (Wildman–Crippen MR) is 119 cm³/mol. The number of imidazole rings is 1. The van der Waals surface area contributed by atoms with E-state index < -0.39 is 0 Å². The normalized spacial score (nSPS) is 19.1. The summed E-state index contributed by atoms with van der Waals surface area (Å²) in [7, 11) is 0. The van der Waals surface area contributed by atoms with Crippen LogP contribution in [-0.4, -0.2) is 25.4 Å². The number of fused-ring (bicyclic) bond motifs is 6. The van der Waals surface area contributed by atoms with Crippen LogP contribution in [0, 0.1) is 6.92 Å². The molecule has 1 saturated carbocycles. The van der Waals surface area contributed by atoms with E-state index >= 15 is 0 Å². The van der Waals surface area contributed by atoms with Crippen LogP contribution in [0.15, 0.2) is 48.7 Å². The summed E-state index contributed by atoms with van der Waals surface area (Å²) in [4.78, 5) is 26.0. The average molecular weight is 409 g/mol. The Labute approximate surface area is 180 Å². The van der Waals surface area contributed by atoms with Crippen molar-refractivity contribution in [3.8, 4) is 22.6 Å². The van der Waals surface area contributed by atoms with Gasteiger partial charge in [-0.05, 0) is 62.1 Å². The third-order valence-electron chi connectivity index (χ3n) is 6.67. The van der Waals surface area contributed by atoms with Gasteiger partial charge >= 0.3 is 0 Å². The molecule has 1 aliphatic carbocycles. The molecule has 0 spiro atoms. The molecule has 0 unspecified atom stereocenters. The van der Waals surface area contributed by atoms with Gasteiger partial charge in [-0.3, -0.25) is 14.8 Å². The molecule has 4 heterocycles. The van der Waals surface area contributed by atoms with Crippen molar-refractivity contribution in [2.75, 3.05) is 0 Å². The number of aromatic nitrogens is 4. The number of nitrogens with zero attached hydrogens (tertiary/aromatic N) is 4. The van der Waals surface area contributed by atoms with E-state index in [1.807, 2.05) is 37.3 Å². The van der Waals surface area contributed by atoms with E-state index in [1.165, 1.54) is 25.1 Å². The first-order valence-corrected chi connectivity index (χ1v) is 10.8. The summed E-state index contributed by atoms with van der Waals surface area (Å²) in [6.07, 6.45) is 5.52. The molecule has 6 nitrogen and oxygen atoms in total. The van der Waals surface area contributed by atoms with Gasteiger partial charge in [0.25, 0.3) is 0 Å². The molecule has 31 heavy (non-hydrogen) atoms. The molecular weight excluding hydrogens is 386 g/mol. The fraction of sp³-hybridized carbons (Fsp3) is 0.280. The molecule has 4 aromatic rings. The van der Waals surface area contributed by atoms with Crippen molar-refractivity contribution >= 4 is 16.8 Å². The van der Waals surface area contributed by atoms with Gasteiger partial charge in [-0.2, -0.15) is 0 Å². The Hall–Kier alpha value is -3.54. The van der Waals surface area contributed by atoms with E-state index in [9.17, 15) is 4.79 Å². The van der Waals surface area contributed by atoms with Crippen molar-refractivity contribution in [2.45, 2.75) is 44.6 Å². The van der Waals surface area contributed by atoms with Crippen molar-refractivity contribution < 1.29 is 4.79 Å². The van der Waals surface area contributed by atoms with Crippen LogP contribution in [0.4, 0.5) is 0 Å². The predicted octanol–water partition coefficient (Wildman–Crippen LogP) is 4.32. The van der Waals surface area contributed by atoms with Gasteiger partial charge in [0.1, 0.15) is 11.5 Å². The fourth-order valence-corrected chi connectivity index (χ4v) is 5.36. The van der Waals surface area contributed by atoms with Crippen LogP contribution in [0.5, 0.6) is 0 Å². The molecule has 1 amide bonds. The maximum absolute atomic E-state index is 11.6. The van der Waals surface area contributed by atoms with Gasteiger partial charge < -0.3 is 10.3 Å². The van der Waals surface area contributed by atoms with Crippen LogP contribution in [0.25, 0.3) is 33.5 Å². The lowest BCUT2D eigenvalue weighted by Crippen LogP contribution is -2.14. The van der Waals surface area contributed by atoms with E-state index in [1.54, 1.807) is 6.20 Å². The van der Waals surface area contributed by atoms with Crippen molar-refractivity contribution in [3.05, 3.63) is 65.7 Å². The molecule has 0 radical (unpaired) electrons. The van der Waals surface area contributed by atoms with Gasteiger partial charge in [0.15, 0.2) is 0 Å². The first-order valence-electron chi connectivity index (χ1n) is 10.8. The fourth-order valence-electron chi connectivity index (χ4n) is 5.36. The van der Waals surface area contributed by atoms with Crippen LogP contribution >= 0.6 is 0 Å². The number of rotatable bonds is 4. The molecular formula is C25H23N5O. The Morgan fingerprint density at radius 3 is 2.90 bits per heavy atom. The number of hydrogen-bond donors (Lipinski definition) is 1. The summed E-state index contributed by atoms with van der Waals surface area (Å²) in [5.41, 5.74) is 12.3. The Bertz CT molecular complexity index is 1360. The molecule has 154 valence electrons. The van der Waals surface area contributed by atoms with Crippen molar-refractivity contribution in [1.82, 2.24) is 19.5 Å². The molecule has 2 aliphatic rings. The van der Waals surface area contributed by atoms with Crippen LogP contribution < -0.4 is 5.73 Å². The molecule has 2 atom stereocenters. The highest BCUT2D eigenvalue weighted by Gasteiger charge is 2.41. The van der Waals surface area contributed by atoms with E-state index in [4.69, 9.17) is 15.7 Å². The minimum absolute atomic E-state index is 0.198. The highest BCUT2D eigenvalue weighted by molar-refractivity contribution is 5.92. The number of amides is 1. The molecule has 3 aromatic heterocycles. The van der Waals surface area contributed by atoms with Crippen LogP contribution in [-0.2, 0) is 11.2 Å². The van der Waals surface area contributed by atoms with Gasteiger partial charge in [0.2, 0.25) is 5.91 Å². The average Bonchev–Trinajstić information content (AvgIpc) is 3.46. The molecule has 6 heteroatoms. The van der Waals surface area contributed by atoms with Gasteiger partial charge in [0.05, 0.1) is 23.3 Å². The molecule has 1 aliphatic heterocycles. The lowest BCUT2D eigenvalue weighted by Gasteiger charge is -2.18. The number of pyridine rings is 2. The van der Waals surface area contributed by atoms with Crippen LogP contribution in [0.1, 0.15) is 48.3 Å². The number of aryl methyl sites for hydroxylation is 1. The second-order valence-corrected chi connectivity index (χ2v) is 8.71. The second-order valence-electron chi connectivity index (χ2n) is 8.71. The molecule has 0 saturated heterocycles. The monoisotopic (exact) mass is 409 g/mol. The summed E-state index contributed by atoms with van der Waals surface area (Å²) in [5.74, 6) is 1.38. The molecule has 1 aromatic carbocycles. The highest BCUT2D eigenvalue weighted by Crippen LogP contribution is 2.52. The number of primary amides is 1. The zero-order valence-electron chi connectivity index (χ0n) is 17.4. The minimum atomic E-state index is -0.342. The summed E-state index contributed by atoms with van der Waals surface area (Å²) in [5, 5.41) is 0.959. The lowest BCUT2D eigenvalue weighted by molar-refractivity contribution is -0.117. The number of hydrogen-bond acceptors (Lipinski definition) is 4. The van der Waals surface area contributed by atoms with Gasteiger partial charge in [0, 0.05) is 34.8 Å². The van der Waals surface area contributed by atoms with E-state index in [2.05, 4.69) is 21.7 Å². The van der Waals surface area contributed by atoms with Crippen molar-refractivity contribution in [2.24, 2.45) is 5.73 Å². The number of nitrogens with two attached hydrogens (primary N) is 1. The summed E-state index contributed by atoms with van der Waals surface area (Å²) >= 11 is 0. The van der Waals surface area contributed by atoms with E-state index in [0.717, 1.165) is 44.8 Å². The van der Waals surface area contributed by atoms with E-state index in [-0.39, 0.29) is 12.3 Å². The number of benzene rings is 1. The number of carbonyl (C=O) groups is 1. The van der Waals surface area contributed by atoms with E-state index in [0.29, 0.717) is 12.0 Å². The van der Waals surface area contributed by atoms with Crippen LogP contribution in [0.3, 0.4) is 0 Å². The van der Waals surface area contributed by atoms with Gasteiger partial charge in [-0.25, -0.2) is 4.98 Å². The third kappa shape index (κ3) is 2.86. The summed E-state index contributed by atoms with van der Waals surface area (Å²) < 4.78 is 2.44. The van der Waals surface area contributed by atoms with Gasteiger partial charge in [-0.1, -0.05) is 12.1 Å². The molecule has 1 fully saturated rings. The quantitative estimate of drug-likeness (QED) is 0.544. The largest absolute Gasteiger partial charge is 0.369 e. The third-order valence-corrected chi connectivity index (χ3v) is 6.67. The Kier molecular flexibility index (Phi) is 3.96. The maximum Gasteiger partial charge on any atom is 0.221 e.